The van der Waals surface area contributed by atoms with Gasteiger partial charge in [0.2, 0.25) is 0 Å². The second-order valence-electron chi connectivity index (χ2n) is 5.50. The molecular weight excluding hydrogens is 457 g/mol. The van der Waals surface area contributed by atoms with Crippen molar-refractivity contribution in [3.63, 3.8) is 0 Å². The summed E-state index contributed by atoms with van der Waals surface area (Å²) in [6.45, 7) is 3.58. The van der Waals surface area contributed by atoms with E-state index in [1.165, 1.54) is 25.7 Å². The molecule has 3 rings (SSSR count). The molecule has 0 unspecified atom stereocenters. The van der Waals surface area contributed by atoms with Gasteiger partial charge in [-0.1, -0.05) is 12.8 Å². The van der Waals surface area contributed by atoms with Crippen LogP contribution < -0.4 is 4.90 Å². The zero-order valence-electron chi connectivity index (χ0n) is 12.7. The minimum absolute atomic E-state index is 0. The molecular formula is C17H20N3OPt-. The molecule has 0 radical (unpaired) electrons. The van der Waals surface area contributed by atoms with Gasteiger partial charge < -0.3 is 4.90 Å². The molecule has 1 aliphatic heterocycles. The fourth-order valence-corrected chi connectivity index (χ4v) is 2.87. The molecule has 120 valence electrons. The number of ketones is 1. The van der Waals surface area contributed by atoms with E-state index in [-0.39, 0.29) is 26.8 Å². The topological polar surface area (TPSA) is 38.1 Å². The summed E-state index contributed by atoms with van der Waals surface area (Å²) >= 11 is 0. The smallest absolute Gasteiger partial charge is 0.165 e. The molecule has 0 bridgehead atoms. The van der Waals surface area contributed by atoms with Crippen molar-refractivity contribution in [2.75, 3.05) is 18.0 Å². The number of para-hydroxylation sites is 1. The number of carbonyl (C=O) groups is 1. The van der Waals surface area contributed by atoms with Crippen molar-refractivity contribution < 1.29 is 25.9 Å². The van der Waals surface area contributed by atoms with Crippen LogP contribution in [0.5, 0.6) is 0 Å². The van der Waals surface area contributed by atoms with Crippen LogP contribution in [0.3, 0.4) is 0 Å². The van der Waals surface area contributed by atoms with Crippen LogP contribution in [0.4, 0.5) is 5.82 Å². The molecule has 22 heavy (non-hydrogen) atoms. The van der Waals surface area contributed by atoms with Crippen LogP contribution in [0.1, 0.15) is 43.0 Å². The molecule has 1 aromatic carbocycles. The average molecular weight is 477 g/mol. The molecule has 5 heteroatoms. The molecule has 4 nitrogen and oxygen atoms in total. The van der Waals surface area contributed by atoms with Crippen LogP contribution in [0.25, 0.3) is 5.69 Å². The molecule has 1 fully saturated rings. The van der Waals surface area contributed by atoms with Gasteiger partial charge in [0, 0.05) is 34.2 Å². The molecule has 0 saturated carbocycles. The molecule has 0 amide bonds. The van der Waals surface area contributed by atoms with Crippen LogP contribution in [0.2, 0.25) is 0 Å². The summed E-state index contributed by atoms with van der Waals surface area (Å²) in [4.78, 5) is 14.3. The minimum Gasteiger partial charge on any atom is -0.356 e. The first kappa shape index (κ1) is 17.0. The maximum absolute atomic E-state index is 11.9. The third kappa shape index (κ3) is 3.49. The van der Waals surface area contributed by atoms with E-state index in [9.17, 15) is 4.79 Å². The maximum atomic E-state index is 11.9. The number of carbonyl (C=O) groups excluding carboxylic acids is 1. The molecule has 2 heterocycles. The van der Waals surface area contributed by atoms with Crippen molar-refractivity contribution in [3.05, 3.63) is 42.1 Å². The Morgan fingerprint density at radius 1 is 1.18 bits per heavy atom. The van der Waals surface area contributed by atoms with Crippen LogP contribution in [0.15, 0.2) is 30.5 Å². The Labute approximate surface area is 145 Å². The van der Waals surface area contributed by atoms with Crippen molar-refractivity contribution in [2.45, 2.75) is 32.6 Å². The van der Waals surface area contributed by atoms with Gasteiger partial charge in [0.05, 0.1) is 11.8 Å². The standard InChI is InChI=1S/C17H20N3O.Pt/c1-14(21)16-13-18-20(15-9-5-4-6-10-15)17(16)19-11-7-2-3-8-12-19;/h4-6,9,13H,2-3,7-8,11-12H2,1H3;/q-1;. The second kappa shape index (κ2) is 7.73. The van der Waals surface area contributed by atoms with Crippen LogP contribution in [-0.4, -0.2) is 28.7 Å². The zero-order valence-corrected chi connectivity index (χ0v) is 15.0. The van der Waals surface area contributed by atoms with Gasteiger partial charge in [-0.3, -0.25) is 4.79 Å². The normalized spacial score (nSPS) is 15.0. The average Bonchev–Trinajstić information content (AvgIpc) is 2.77. The third-order valence-electron chi connectivity index (χ3n) is 3.95. The number of aromatic nitrogens is 2. The van der Waals surface area contributed by atoms with Gasteiger partial charge in [-0.05, 0) is 25.5 Å². The molecule has 0 spiro atoms. The van der Waals surface area contributed by atoms with Crippen LogP contribution in [0, 0.1) is 6.07 Å². The summed E-state index contributed by atoms with van der Waals surface area (Å²) in [5.41, 5.74) is 1.58. The summed E-state index contributed by atoms with van der Waals surface area (Å²) in [7, 11) is 0. The fourth-order valence-electron chi connectivity index (χ4n) is 2.87. The van der Waals surface area contributed by atoms with E-state index < -0.39 is 0 Å². The predicted octanol–water partition coefficient (Wildman–Crippen LogP) is 3.25. The largest absolute Gasteiger partial charge is 0.356 e. The predicted molar refractivity (Wildman–Crippen MR) is 83.1 cm³/mol. The first-order valence-corrected chi connectivity index (χ1v) is 7.58. The van der Waals surface area contributed by atoms with Gasteiger partial charge in [-0.25, -0.2) is 4.68 Å². The fraction of sp³-hybridized carbons (Fsp3) is 0.412. The Bertz CT molecular complexity index is 616. The molecule has 1 saturated heterocycles. The molecule has 1 aromatic heterocycles. The van der Waals surface area contributed by atoms with Crippen LogP contribution >= 0.6 is 0 Å². The summed E-state index contributed by atoms with van der Waals surface area (Å²) in [6.07, 6.45) is 6.54. The molecule has 2 aromatic rings. The van der Waals surface area contributed by atoms with Crippen molar-refractivity contribution in [2.24, 2.45) is 0 Å². The maximum Gasteiger partial charge on any atom is 0.165 e. The summed E-state index contributed by atoms with van der Waals surface area (Å²) in [6, 6.07) is 10.9. The number of nitrogens with zero attached hydrogens (tertiary/aromatic N) is 3. The summed E-state index contributed by atoms with van der Waals surface area (Å²) < 4.78 is 1.85. The Kier molecular flexibility index (Phi) is 5.96. The number of benzene rings is 1. The number of hydrogen-bond acceptors (Lipinski definition) is 3. The number of hydrogen-bond donors (Lipinski definition) is 0. The van der Waals surface area contributed by atoms with E-state index in [4.69, 9.17) is 0 Å². The van der Waals surface area contributed by atoms with Gasteiger partial charge in [-0.2, -0.15) is 29.4 Å². The first-order valence-electron chi connectivity index (χ1n) is 7.58. The second-order valence-corrected chi connectivity index (χ2v) is 5.50. The zero-order chi connectivity index (χ0) is 14.7. The number of anilines is 1. The Morgan fingerprint density at radius 2 is 1.91 bits per heavy atom. The van der Waals surface area contributed by atoms with Gasteiger partial charge in [0.25, 0.3) is 0 Å². The summed E-state index contributed by atoms with van der Waals surface area (Å²) in [5, 5.41) is 4.44. The number of Topliss-reactive ketones (excluding diaryl/α,β-unsaturated/α-hetero) is 1. The Morgan fingerprint density at radius 3 is 2.50 bits per heavy atom. The Balaban J connectivity index is 0.00000176. The van der Waals surface area contributed by atoms with Crippen molar-refractivity contribution in [1.82, 2.24) is 9.78 Å². The van der Waals surface area contributed by atoms with E-state index in [1.807, 2.05) is 28.9 Å². The SMILES string of the molecule is CC(=O)c1cnn(-c2[c-]cccc2)c1N1CCCCCC1.[Pt]. The van der Waals surface area contributed by atoms with E-state index in [0.717, 1.165) is 24.6 Å². The van der Waals surface area contributed by atoms with E-state index >= 15 is 0 Å². The van der Waals surface area contributed by atoms with Crippen molar-refractivity contribution in [3.8, 4) is 5.69 Å². The molecule has 0 N–H and O–H groups in total. The number of rotatable bonds is 3. The third-order valence-corrected chi connectivity index (χ3v) is 3.95. The van der Waals surface area contributed by atoms with Gasteiger partial charge >= 0.3 is 0 Å². The molecule has 1 aliphatic rings. The van der Waals surface area contributed by atoms with E-state index in [2.05, 4.69) is 16.1 Å². The monoisotopic (exact) mass is 477 g/mol. The first-order chi connectivity index (χ1) is 10.3. The van der Waals surface area contributed by atoms with Crippen molar-refractivity contribution >= 4 is 11.6 Å². The van der Waals surface area contributed by atoms with Crippen LogP contribution in [-0.2, 0) is 21.1 Å². The van der Waals surface area contributed by atoms with Crippen molar-refractivity contribution in [1.29, 1.82) is 0 Å². The van der Waals surface area contributed by atoms with E-state index in [1.54, 1.807) is 13.1 Å². The summed E-state index contributed by atoms with van der Waals surface area (Å²) in [5.74, 6) is 0.989. The van der Waals surface area contributed by atoms with Gasteiger partial charge in [0.1, 0.15) is 5.82 Å². The molecule has 0 atom stereocenters. The molecule has 0 aliphatic carbocycles. The van der Waals surface area contributed by atoms with Gasteiger partial charge in [-0.15, -0.1) is 6.07 Å². The van der Waals surface area contributed by atoms with Gasteiger partial charge in [0.15, 0.2) is 5.78 Å². The quantitative estimate of drug-likeness (QED) is 0.503. The Hall–Kier alpha value is -1.41. The minimum atomic E-state index is 0. The van der Waals surface area contributed by atoms with E-state index in [0.29, 0.717) is 5.56 Å².